The average molecular weight is 339 g/mol. The predicted octanol–water partition coefficient (Wildman–Crippen LogP) is 2.90. The first-order chi connectivity index (χ1) is 11.4. The quantitative estimate of drug-likeness (QED) is 0.887. The summed E-state index contributed by atoms with van der Waals surface area (Å²) in [7, 11) is 0. The van der Waals surface area contributed by atoms with Gasteiger partial charge in [-0.25, -0.2) is 8.78 Å². The van der Waals surface area contributed by atoms with Crippen molar-refractivity contribution in [1.29, 1.82) is 0 Å². The van der Waals surface area contributed by atoms with Crippen LogP contribution in [-0.2, 0) is 4.79 Å². The van der Waals surface area contributed by atoms with E-state index in [4.69, 9.17) is 4.74 Å². The highest BCUT2D eigenvalue weighted by Crippen LogP contribution is 2.36. The van der Waals surface area contributed by atoms with Crippen LogP contribution in [0.25, 0.3) is 0 Å². The van der Waals surface area contributed by atoms with Crippen LogP contribution >= 0.6 is 0 Å². The van der Waals surface area contributed by atoms with E-state index in [0.29, 0.717) is 18.6 Å². The first-order valence-corrected chi connectivity index (χ1v) is 8.52. The van der Waals surface area contributed by atoms with Gasteiger partial charge in [0, 0.05) is 18.8 Å². The van der Waals surface area contributed by atoms with Crippen LogP contribution in [0.2, 0.25) is 0 Å². The van der Waals surface area contributed by atoms with E-state index in [1.807, 2.05) is 30.3 Å². The summed E-state index contributed by atoms with van der Waals surface area (Å²) in [6.07, 6.45) is 0.0252. The highest BCUT2D eigenvalue weighted by atomic mass is 19.3. The Morgan fingerprint density at radius 3 is 2.46 bits per heavy atom. The monoisotopic (exact) mass is 339 g/mol. The second-order valence-corrected chi connectivity index (χ2v) is 6.78. The fourth-order valence-electron chi connectivity index (χ4n) is 3.51. The number of ether oxygens (including phenoxy) is 1. The number of aliphatic hydroxyl groups excluding tert-OH is 1. The van der Waals surface area contributed by atoms with Gasteiger partial charge in [0.15, 0.2) is 0 Å². The van der Waals surface area contributed by atoms with Crippen LogP contribution in [0.1, 0.15) is 38.5 Å². The van der Waals surface area contributed by atoms with Crippen molar-refractivity contribution < 1.29 is 23.4 Å². The van der Waals surface area contributed by atoms with Crippen molar-refractivity contribution >= 4 is 5.91 Å². The lowest BCUT2D eigenvalue weighted by Crippen LogP contribution is -2.47. The fourth-order valence-corrected chi connectivity index (χ4v) is 3.51. The molecule has 0 radical (unpaired) electrons. The van der Waals surface area contributed by atoms with Crippen LogP contribution in [0.4, 0.5) is 8.78 Å². The van der Waals surface area contributed by atoms with Crippen LogP contribution in [0.5, 0.6) is 5.75 Å². The van der Waals surface area contributed by atoms with Crippen LogP contribution in [0.3, 0.4) is 0 Å². The van der Waals surface area contributed by atoms with Gasteiger partial charge >= 0.3 is 0 Å². The molecule has 4 nitrogen and oxygen atoms in total. The Morgan fingerprint density at radius 1 is 1.12 bits per heavy atom. The number of amides is 1. The summed E-state index contributed by atoms with van der Waals surface area (Å²) >= 11 is 0. The zero-order valence-electron chi connectivity index (χ0n) is 13.5. The second-order valence-electron chi connectivity index (χ2n) is 6.78. The minimum Gasteiger partial charge on any atom is -0.488 e. The van der Waals surface area contributed by atoms with Crippen molar-refractivity contribution in [3.63, 3.8) is 0 Å². The number of carbonyl (C=O) groups excluding carboxylic acids is 1. The molecule has 2 saturated carbocycles. The molecule has 2 fully saturated rings. The average Bonchev–Trinajstić information content (AvgIpc) is 2.89. The maximum absolute atomic E-state index is 13.2. The standard InChI is InChI=1S/C18H23F2NO3/c19-18(20)10-8-12(9-11-18)17(23)21-14-6-7-15(16(14)22)24-13-4-2-1-3-5-13/h1-5,12,14-16,22H,6-11H2,(H,21,23)/t14-,15-,16-/m1/s1. The molecule has 0 unspecified atom stereocenters. The summed E-state index contributed by atoms with van der Waals surface area (Å²) < 4.78 is 32.1. The molecule has 1 aromatic carbocycles. The first kappa shape index (κ1) is 17.1. The van der Waals surface area contributed by atoms with Crippen LogP contribution in [0.15, 0.2) is 30.3 Å². The topological polar surface area (TPSA) is 58.6 Å². The molecule has 3 atom stereocenters. The van der Waals surface area contributed by atoms with Gasteiger partial charge in [-0.15, -0.1) is 0 Å². The normalized spacial score (nSPS) is 30.0. The zero-order chi connectivity index (χ0) is 17.2. The number of hydrogen-bond acceptors (Lipinski definition) is 3. The van der Waals surface area contributed by atoms with Gasteiger partial charge in [-0.1, -0.05) is 18.2 Å². The van der Waals surface area contributed by atoms with Crippen LogP contribution in [0, 0.1) is 5.92 Å². The maximum atomic E-state index is 13.2. The molecule has 0 heterocycles. The SMILES string of the molecule is O=C(N[C@@H]1CC[C@@H](Oc2ccccc2)[C@@H]1O)C1CCC(F)(F)CC1. The third-order valence-electron chi connectivity index (χ3n) is 5.00. The molecule has 0 saturated heterocycles. The van der Waals surface area contributed by atoms with E-state index in [0.717, 1.165) is 0 Å². The van der Waals surface area contributed by atoms with Crippen LogP contribution in [-0.4, -0.2) is 35.2 Å². The number of para-hydroxylation sites is 1. The Hall–Kier alpha value is -1.69. The molecular formula is C18H23F2NO3. The lowest BCUT2D eigenvalue weighted by molar-refractivity contribution is -0.130. The Labute approximate surface area is 140 Å². The molecule has 0 aromatic heterocycles. The fraction of sp³-hybridized carbons (Fsp3) is 0.611. The third-order valence-corrected chi connectivity index (χ3v) is 5.00. The number of carbonyl (C=O) groups is 1. The van der Waals surface area contributed by atoms with Gasteiger partial charge in [0.1, 0.15) is 18.0 Å². The first-order valence-electron chi connectivity index (χ1n) is 8.52. The summed E-state index contributed by atoms with van der Waals surface area (Å²) in [5, 5.41) is 13.2. The van der Waals surface area contributed by atoms with E-state index in [9.17, 15) is 18.7 Å². The van der Waals surface area contributed by atoms with Crippen molar-refractivity contribution in [1.82, 2.24) is 5.32 Å². The predicted molar refractivity (Wildman–Crippen MR) is 84.9 cm³/mol. The zero-order valence-corrected chi connectivity index (χ0v) is 13.5. The number of aliphatic hydroxyl groups is 1. The number of benzene rings is 1. The Balaban J connectivity index is 1.50. The molecule has 2 aliphatic carbocycles. The van der Waals surface area contributed by atoms with E-state index in [1.165, 1.54) is 0 Å². The number of halogens is 2. The van der Waals surface area contributed by atoms with Crippen molar-refractivity contribution in [3.8, 4) is 5.75 Å². The van der Waals surface area contributed by atoms with E-state index in [2.05, 4.69) is 5.32 Å². The van der Waals surface area contributed by atoms with E-state index in [-0.39, 0.29) is 49.7 Å². The number of rotatable bonds is 4. The summed E-state index contributed by atoms with van der Waals surface area (Å²) in [5.74, 6) is -2.57. The highest BCUT2D eigenvalue weighted by molar-refractivity contribution is 5.79. The van der Waals surface area contributed by atoms with E-state index in [1.54, 1.807) is 0 Å². The molecule has 0 spiro atoms. The van der Waals surface area contributed by atoms with Gasteiger partial charge in [-0.2, -0.15) is 0 Å². The molecule has 2 aliphatic rings. The minimum atomic E-state index is -2.64. The van der Waals surface area contributed by atoms with Crippen LogP contribution < -0.4 is 10.1 Å². The minimum absolute atomic E-state index is 0.200. The summed E-state index contributed by atoms with van der Waals surface area (Å²) in [6, 6.07) is 8.86. The van der Waals surface area contributed by atoms with E-state index >= 15 is 0 Å². The van der Waals surface area contributed by atoms with Crippen molar-refractivity contribution in [2.24, 2.45) is 5.92 Å². The molecule has 2 N–H and O–H groups in total. The van der Waals surface area contributed by atoms with Gasteiger partial charge in [-0.05, 0) is 37.8 Å². The third kappa shape index (κ3) is 4.04. The lowest BCUT2D eigenvalue weighted by Gasteiger charge is -2.29. The molecule has 1 amide bonds. The second kappa shape index (κ2) is 7.05. The summed E-state index contributed by atoms with van der Waals surface area (Å²) in [4.78, 5) is 12.3. The smallest absolute Gasteiger partial charge is 0.248 e. The number of nitrogens with one attached hydrogen (secondary N) is 1. The number of hydrogen-bond donors (Lipinski definition) is 2. The Kier molecular flexibility index (Phi) is 5.04. The highest BCUT2D eigenvalue weighted by Gasteiger charge is 2.41. The Morgan fingerprint density at radius 2 is 1.79 bits per heavy atom. The largest absolute Gasteiger partial charge is 0.488 e. The van der Waals surface area contributed by atoms with Crippen molar-refractivity contribution in [2.45, 2.75) is 62.7 Å². The molecule has 1 aromatic rings. The molecule has 132 valence electrons. The molecular weight excluding hydrogens is 316 g/mol. The van der Waals surface area contributed by atoms with Gasteiger partial charge < -0.3 is 15.2 Å². The van der Waals surface area contributed by atoms with E-state index < -0.39 is 12.0 Å². The molecule has 6 heteroatoms. The molecule has 3 rings (SSSR count). The maximum Gasteiger partial charge on any atom is 0.248 e. The van der Waals surface area contributed by atoms with Crippen molar-refractivity contribution in [3.05, 3.63) is 30.3 Å². The van der Waals surface area contributed by atoms with Gasteiger partial charge in [-0.3, -0.25) is 4.79 Å². The summed E-state index contributed by atoms with van der Waals surface area (Å²) in [6.45, 7) is 0. The van der Waals surface area contributed by atoms with Gasteiger partial charge in [0.25, 0.3) is 0 Å². The molecule has 24 heavy (non-hydrogen) atoms. The van der Waals surface area contributed by atoms with Gasteiger partial charge in [0.2, 0.25) is 11.8 Å². The molecule has 0 bridgehead atoms. The molecule has 0 aliphatic heterocycles. The lowest BCUT2D eigenvalue weighted by atomic mass is 9.86. The van der Waals surface area contributed by atoms with Crippen molar-refractivity contribution in [2.75, 3.05) is 0 Å². The van der Waals surface area contributed by atoms with Gasteiger partial charge in [0.05, 0.1) is 6.04 Å². The Bertz CT molecular complexity index is 557. The number of alkyl halides is 2. The summed E-state index contributed by atoms with van der Waals surface area (Å²) in [5.41, 5.74) is 0.